The van der Waals surface area contributed by atoms with Crippen LogP contribution in [0, 0.1) is 12.3 Å². The largest absolute Gasteiger partial charge is 0.398 e. The fraction of sp³-hybridized carbons (Fsp3) is 0.600. The first-order valence-electron chi connectivity index (χ1n) is 6.80. The second-order valence-corrected chi connectivity index (χ2v) is 6.32. The van der Waals surface area contributed by atoms with Gasteiger partial charge in [-0.25, -0.2) is 0 Å². The summed E-state index contributed by atoms with van der Waals surface area (Å²) < 4.78 is 0. The fourth-order valence-electron chi connectivity index (χ4n) is 2.79. The van der Waals surface area contributed by atoms with Crippen LogP contribution < -0.4 is 11.1 Å². The zero-order valence-electron chi connectivity index (χ0n) is 11.4. The van der Waals surface area contributed by atoms with Crippen LogP contribution in [0.4, 0.5) is 11.4 Å². The van der Waals surface area contributed by atoms with Crippen molar-refractivity contribution in [2.45, 2.75) is 46.0 Å². The van der Waals surface area contributed by atoms with E-state index < -0.39 is 0 Å². The fourth-order valence-corrected chi connectivity index (χ4v) is 2.95. The molecule has 0 atom stereocenters. The van der Waals surface area contributed by atoms with Crippen LogP contribution >= 0.6 is 11.6 Å². The highest BCUT2D eigenvalue weighted by Crippen LogP contribution is 2.36. The highest BCUT2D eigenvalue weighted by Gasteiger charge is 2.26. The van der Waals surface area contributed by atoms with Gasteiger partial charge in [0.2, 0.25) is 0 Å². The Balaban J connectivity index is 2.03. The maximum absolute atomic E-state index is 6.08. The van der Waals surface area contributed by atoms with Gasteiger partial charge in [0.05, 0.1) is 10.7 Å². The van der Waals surface area contributed by atoms with Gasteiger partial charge in [0, 0.05) is 12.2 Å². The molecule has 18 heavy (non-hydrogen) atoms. The van der Waals surface area contributed by atoms with E-state index in [1.807, 2.05) is 12.1 Å². The number of halogens is 1. The Hall–Kier alpha value is -0.890. The van der Waals surface area contributed by atoms with E-state index in [9.17, 15) is 0 Å². The molecule has 2 nitrogen and oxygen atoms in total. The summed E-state index contributed by atoms with van der Waals surface area (Å²) in [6, 6.07) is 3.88. The lowest BCUT2D eigenvalue weighted by Gasteiger charge is -2.34. The van der Waals surface area contributed by atoms with Gasteiger partial charge in [-0.1, -0.05) is 37.8 Å². The number of rotatable bonds is 3. The minimum Gasteiger partial charge on any atom is -0.398 e. The molecule has 0 radical (unpaired) electrons. The first kappa shape index (κ1) is 13.5. The van der Waals surface area contributed by atoms with E-state index in [2.05, 4.69) is 19.2 Å². The van der Waals surface area contributed by atoms with Gasteiger partial charge in [-0.15, -0.1) is 0 Å². The van der Waals surface area contributed by atoms with Gasteiger partial charge in [-0.05, 0) is 42.9 Å². The maximum Gasteiger partial charge on any atom is 0.0656 e. The Morgan fingerprint density at radius 3 is 2.61 bits per heavy atom. The molecular weight excluding hydrogens is 244 g/mol. The van der Waals surface area contributed by atoms with Gasteiger partial charge in [-0.2, -0.15) is 0 Å². The first-order valence-corrected chi connectivity index (χ1v) is 7.17. The van der Waals surface area contributed by atoms with Crippen molar-refractivity contribution in [1.82, 2.24) is 0 Å². The number of hydrogen-bond acceptors (Lipinski definition) is 2. The zero-order valence-corrected chi connectivity index (χ0v) is 12.1. The monoisotopic (exact) mass is 266 g/mol. The average molecular weight is 267 g/mol. The van der Waals surface area contributed by atoms with E-state index in [0.29, 0.717) is 16.1 Å². The molecule has 1 aliphatic rings. The lowest BCUT2D eigenvalue weighted by Crippen LogP contribution is -2.29. The van der Waals surface area contributed by atoms with Crippen molar-refractivity contribution in [3.63, 3.8) is 0 Å². The van der Waals surface area contributed by atoms with Crippen molar-refractivity contribution < 1.29 is 0 Å². The topological polar surface area (TPSA) is 38.0 Å². The van der Waals surface area contributed by atoms with Crippen molar-refractivity contribution in [3.8, 4) is 0 Å². The van der Waals surface area contributed by atoms with Gasteiger partial charge in [0.15, 0.2) is 0 Å². The summed E-state index contributed by atoms with van der Waals surface area (Å²) in [6.07, 6.45) is 6.76. The number of benzene rings is 1. The van der Waals surface area contributed by atoms with E-state index in [4.69, 9.17) is 17.3 Å². The van der Waals surface area contributed by atoms with Crippen molar-refractivity contribution in [3.05, 3.63) is 22.7 Å². The van der Waals surface area contributed by atoms with Crippen LogP contribution in [0.5, 0.6) is 0 Å². The molecule has 1 aromatic carbocycles. The van der Waals surface area contributed by atoms with Crippen LogP contribution in [-0.4, -0.2) is 6.54 Å². The number of anilines is 2. The summed E-state index contributed by atoms with van der Waals surface area (Å²) in [7, 11) is 0. The maximum atomic E-state index is 6.08. The summed E-state index contributed by atoms with van der Waals surface area (Å²) >= 11 is 6.08. The second-order valence-electron chi connectivity index (χ2n) is 5.91. The Morgan fingerprint density at radius 1 is 1.28 bits per heavy atom. The van der Waals surface area contributed by atoms with Crippen LogP contribution in [-0.2, 0) is 0 Å². The summed E-state index contributed by atoms with van der Waals surface area (Å²) in [4.78, 5) is 0. The Bertz CT molecular complexity index is 423. The van der Waals surface area contributed by atoms with Crippen LogP contribution in [0.3, 0.4) is 0 Å². The summed E-state index contributed by atoms with van der Waals surface area (Å²) in [6.45, 7) is 5.47. The average Bonchev–Trinajstić information content (AvgIpc) is 2.33. The van der Waals surface area contributed by atoms with Crippen molar-refractivity contribution in [2.24, 2.45) is 5.41 Å². The van der Waals surface area contributed by atoms with E-state index in [-0.39, 0.29) is 0 Å². The highest BCUT2D eigenvalue weighted by atomic mass is 35.5. The quantitative estimate of drug-likeness (QED) is 0.784. The number of nitrogens with one attached hydrogen (secondary N) is 1. The smallest absolute Gasteiger partial charge is 0.0656 e. The van der Waals surface area contributed by atoms with Gasteiger partial charge in [0.25, 0.3) is 0 Å². The molecule has 100 valence electrons. The molecule has 3 N–H and O–H groups in total. The highest BCUT2D eigenvalue weighted by molar-refractivity contribution is 6.33. The van der Waals surface area contributed by atoms with Crippen molar-refractivity contribution >= 4 is 23.0 Å². The molecule has 0 aromatic heterocycles. The Morgan fingerprint density at radius 2 is 1.94 bits per heavy atom. The molecule has 2 rings (SSSR count). The first-order chi connectivity index (χ1) is 8.50. The molecule has 0 heterocycles. The Kier molecular flexibility index (Phi) is 4.06. The van der Waals surface area contributed by atoms with Crippen LogP contribution in [0.15, 0.2) is 12.1 Å². The molecule has 0 bridgehead atoms. The molecule has 1 fully saturated rings. The van der Waals surface area contributed by atoms with Gasteiger partial charge >= 0.3 is 0 Å². The van der Waals surface area contributed by atoms with Gasteiger partial charge in [0.1, 0.15) is 0 Å². The lowest BCUT2D eigenvalue weighted by molar-refractivity contribution is 0.233. The van der Waals surface area contributed by atoms with E-state index in [1.54, 1.807) is 0 Å². The SMILES string of the molecule is Cc1cc(N)c(Cl)cc1NCC1(C)CCCCC1. The number of hydrogen-bond donors (Lipinski definition) is 2. The summed E-state index contributed by atoms with van der Waals surface area (Å²) in [5, 5.41) is 4.19. The molecule has 1 aliphatic carbocycles. The van der Waals surface area contributed by atoms with Gasteiger partial charge < -0.3 is 11.1 Å². The molecule has 1 saturated carbocycles. The molecule has 3 heteroatoms. The molecule has 0 spiro atoms. The summed E-state index contributed by atoms with van der Waals surface area (Å²) in [5.74, 6) is 0. The predicted molar refractivity (Wildman–Crippen MR) is 80.3 cm³/mol. The lowest BCUT2D eigenvalue weighted by atomic mass is 9.75. The van der Waals surface area contributed by atoms with E-state index in [0.717, 1.165) is 17.8 Å². The predicted octanol–water partition coefficient (Wildman–Crippen LogP) is 4.61. The molecule has 0 unspecified atom stereocenters. The third-order valence-corrected chi connectivity index (χ3v) is 4.44. The minimum absolute atomic E-state index is 0.429. The number of aryl methyl sites for hydroxylation is 1. The van der Waals surface area contributed by atoms with Crippen LogP contribution in [0.2, 0.25) is 5.02 Å². The molecule has 0 amide bonds. The molecule has 0 saturated heterocycles. The zero-order chi connectivity index (χ0) is 13.2. The van der Waals surface area contributed by atoms with E-state index >= 15 is 0 Å². The van der Waals surface area contributed by atoms with Crippen LogP contribution in [0.25, 0.3) is 0 Å². The van der Waals surface area contributed by atoms with E-state index in [1.165, 1.54) is 32.1 Å². The normalized spacial score (nSPS) is 18.6. The Labute approximate surface area is 115 Å². The number of nitrogens with two attached hydrogens (primary N) is 1. The summed E-state index contributed by atoms with van der Waals surface area (Å²) in [5.41, 5.74) is 9.16. The van der Waals surface area contributed by atoms with Crippen molar-refractivity contribution in [1.29, 1.82) is 0 Å². The third-order valence-electron chi connectivity index (χ3n) is 4.11. The van der Waals surface area contributed by atoms with Crippen molar-refractivity contribution in [2.75, 3.05) is 17.6 Å². The molecule has 1 aromatic rings. The standard InChI is InChI=1S/C15H23ClN2/c1-11-8-13(17)12(16)9-14(11)18-10-15(2)6-4-3-5-7-15/h8-9,18H,3-7,10,17H2,1-2H3. The minimum atomic E-state index is 0.429. The molecular formula is C15H23ClN2. The second kappa shape index (κ2) is 5.40. The molecule has 0 aliphatic heterocycles. The number of nitrogen functional groups attached to an aromatic ring is 1. The van der Waals surface area contributed by atoms with Gasteiger partial charge in [-0.3, -0.25) is 0 Å². The third kappa shape index (κ3) is 3.11. The van der Waals surface area contributed by atoms with Crippen LogP contribution in [0.1, 0.15) is 44.6 Å².